The van der Waals surface area contributed by atoms with Gasteiger partial charge in [-0.2, -0.15) is 13.2 Å². The minimum atomic E-state index is -4.56. The molecule has 28 heavy (non-hydrogen) atoms. The van der Waals surface area contributed by atoms with Crippen LogP contribution in [0.15, 0.2) is 48.5 Å². The maximum absolute atomic E-state index is 13.4. The lowest BCUT2D eigenvalue weighted by Crippen LogP contribution is -2.12. The number of esters is 1. The Morgan fingerprint density at radius 3 is 2.32 bits per heavy atom. The first kappa shape index (κ1) is 19.5. The number of thiazole rings is 1. The van der Waals surface area contributed by atoms with Crippen molar-refractivity contribution in [3.63, 3.8) is 0 Å². The van der Waals surface area contributed by atoms with Crippen LogP contribution >= 0.6 is 11.3 Å². The normalized spacial score (nSPS) is 11.3. The zero-order valence-corrected chi connectivity index (χ0v) is 14.5. The zero-order valence-electron chi connectivity index (χ0n) is 13.7. The molecule has 5 nitrogen and oxygen atoms in total. The molecular formula is C18H9F4NO4S. The highest BCUT2D eigenvalue weighted by molar-refractivity contribution is 7.17. The van der Waals surface area contributed by atoms with Crippen LogP contribution in [0.2, 0.25) is 0 Å². The van der Waals surface area contributed by atoms with Gasteiger partial charge in [-0.15, -0.1) is 11.3 Å². The monoisotopic (exact) mass is 411 g/mol. The van der Waals surface area contributed by atoms with Gasteiger partial charge in [0.25, 0.3) is 0 Å². The molecule has 0 spiro atoms. The summed E-state index contributed by atoms with van der Waals surface area (Å²) in [5.74, 6) is -3.59. The van der Waals surface area contributed by atoms with Gasteiger partial charge in [0.15, 0.2) is 4.88 Å². The van der Waals surface area contributed by atoms with Crippen molar-refractivity contribution in [2.45, 2.75) is 6.18 Å². The summed E-state index contributed by atoms with van der Waals surface area (Å²) in [5, 5.41) is 9.37. The largest absolute Gasteiger partial charge is 0.477 e. The van der Waals surface area contributed by atoms with Gasteiger partial charge in [0.1, 0.15) is 10.8 Å². The first-order chi connectivity index (χ1) is 13.1. The third kappa shape index (κ3) is 4.17. The molecule has 2 aromatic carbocycles. The molecule has 0 saturated carbocycles. The predicted molar refractivity (Wildman–Crippen MR) is 90.9 cm³/mol. The number of aromatic carboxylic acids is 1. The summed E-state index contributed by atoms with van der Waals surface area (Å²) < 4.78 is 56.1. The molecule has 144 valence electrons. The fraction of sp³-hybridized carbons (Fsp3) is 0.0556. The Labute approximate surface area is 158 Å². The number of carbonyl (C=O) groups excluding carboxylic acids is 1. The molecule has 3 rings (SSSR count). The molecule has 1 heterocycles. The van der Waals surface area contributed by atoms with Gasteiger partial charge in [-0.05, 0) is 36.4 Å². The van der Waals surface area contributed by atoms with E-state index in [0.29, 0.717) is 23.5 Å². The number of carbonyl (C=O) groups is 2. The third-order valence-corrected chi connectivity index (χ3v) is 4.57. The first-order valence-corrected chi connectivity index (χ1v) is 8.36. The summed E-state index contributed by atoms with van der Waals surface area (Å²) in [5.41, 5.74) is -0.883. The fourth-order valence-corrected chi connectivity index (χ4v) is 3.03. The van der Waals surface area contributed by atoms with Gasteiger partial charge in [0, 0.05) is 5.56 Å². The second-order valence-corrected chi connectivity index (χ2v) is 6.43. The second-order valence-electron chi connectivity index (χ2n) is 5.43. The van der Waals surface area contributed by atoms with Gasteiger partial charge in [-0.3, -0.25) is 0 Å². The molecule has 0 radical (unpaired) electrons. The van der Waals surface area contributed by atoms with Crippen LogP contribution < -0.4 is 4.74 Å². The highest BCUT2D eigenvalue weighted by atomic mass is 32.1. The smallest absolute Gasteiger partial charge is 0.416 e. The average molecular weight is 411 g/mol. The van der Waals surface area contributed by atoms with Crippen LogP contribution in [-0.2, 0) is 6.18 Å². The maximum atomic E-state index is 13.4. The number of alkyl halides is 3. The average Bonchev–Trinajstić information content (AvgIpc) is 3.05. The van der Waals surface area contributed by atoms with E-state index >= 15 is 0 Å². The van der Waals surface area contributed by atoms with E-state index < -0.39 is 40.3 Å². The van der Waals surface area contributed by atoms with Crippen molar-refractivity contribution in [3.05, 3.63) is 70.4 Å². The molecule has 1 N–H and O–H groups in total. The molecule has 0 saturated heterocycles. The molecular weight excluding hydrogens is 402 g/mol. The topological polar surface area (TPSA) is 76.5 Å². The molecule has 0 bridgehead atoms. The van der Waals surface area contributed by atoms with E-state index in [9.17, 15) is 32.3 Å². The van der Waals surface area contributed by atoms with Crippen LogP contribution in [0.25, 0.3) is 10.6 Å². The minimum absolute atomic E-state index is 0.104. The van der Waals surface area contributed by atoms with Gasteiger partial charge in [-0.1, -0.05) is 12.1 Å². The van der Waals surface area contributed by atoms with Crippen LogP contribution in [0, 0.1) is 5.82 Å². The summed E-state index contributed by atoms with van der Waals surface area (Å²) in [4.78, 5) is 27.1. The van der Waals surface area contributed by atoms with Crippen molar-refractivity contribution in [2.75, 3.05) is 0 Å². The molecule has 0 atom stereocenters. The van der Waals surface area contributed by atoms with Crippen LogP contribution in [0.3, 0.4) is 0 Å². The van der Waals surface area contributed by atoms with Gasteiger partial charge >= 0.3 is 18.1 Å². The van der Waals surface area contributed by atoms with Crippen molar-refractivity contribution in [1.82, 2.24) is 4.98 Å². The number of aromatic nitrogens is 1. The second kappa shape index (κ2) is 7.39. The highest BCUT2D eigenvalue weighted by Gasteiger charge is 2.30. The number of carboxylic acid groups (broad SMARTS) is 1. The molecule has 0 aliphatic heterocycles. The van der Waals surface area contributed by atoms with E-state index in [1.165, 1.54) is 18.2 Å². The fourth-order valence-electron chi connectivity index (χ4n) is 2.20. The summed E-state index contributed by atoms with van der Waals surface area (Å²) in [6, 6.07) is 8.45. The Morgan fingerprint density at radius 2 is 1.75 bits per heavy atom. The van der Waals surface area contributed by atoms with Gasteiger partial charge in [0.05, 0.1) is 11.1 Å². The molecule has 0 unspecified atom stereocenters. The quantitative estimate of drug-likeness (QED) is 0.489. The van der Waals surface area contributed by atoms with Gasteiger partial charge in [-0.25, -0.2) is 19.0 Å². The lowest BCUT2D eigenvalue weighted by atomic mass is 10.1. The number of rotatable bonds is 4. The molecule has 0 aliphatic carbocycles. The van der Waals surface area contributed by atoms with E-state index in [2.05, 4.69) is 4.98 Å². The van der Waals surface area contributed by atoms with Crippen molar-refractivity contribution < 1.29 is 37.0 Å². The maximum Gasteiger partial charge on any atom is 0.416 e. The molecule has 0 fully saturated rings. The highest BCUT2D eigenvalue weighted by Crippen LogP contribution is 2.33. The first-order valence-electron chi connectivity index (χ1n) is 7.54. The number of halogens is 4. The summed E-state index contributed by atoms with van der Waals surface area (Å²) in [6.45, 7) is 0. The Hall–Kier alpha value is -3.27. The van der Waals surface area contributed by atoms with Crippen molar-refractivity contribution in [1.29, 1.82) is 0 Å². The summed E-state index contributed by atoms with van der Waals surface area (Å²) >= 11 is 0.669. The Kier molecular flexibility index (Phi) is 5.14. The van der Waals surface area contributed by atoms with Gasteiger partial charge < -0.3 is 9.84 Å². The van der Waals surface area contributed by atoms with E-state index in [-0.39, 0.29) is 16.1 Å². The van der Waals surface area contributed by atoms with Crippen LogP contribution in [-0.4, -0.2) is 22.0 Å². The molecule has 3 aromatic rings. The minimum Gasteiger partial charge on any atom is -0.477 e. The number of ether oxygens (including phenoxy) is 1. The van der Waals surface area contributed by atoms with E-state index in [4.69, 9.17) is 4.74 Å². The van der Waals surface area contributed by atoms with E-state index in [1.54, 1.807) is 0 Å². The standard InChI is InChI=1S/C18H9F4NO4S/c19-12-3-1-2-10(8-12)15-23-14(13(28-15)16(24)25)27-17(26)9-4-6-11(7-5-9)18(20,21)22/h1-8H,(H,24,25). The van der Waals surface area contributed by atoms with Crippen molar-refractivity contribution >= 4 is 23.3 Å². The lowest BCUT2D eigenvalue weighted by molar-refractivity contribution is -0.137. The summed E-state index contributed by atoms with van der Waals surface area (Å²) in [6.07, 6.45) is -4.56. The third-order valence-electron chi connectivity index (χ3n) is 3.50. The number of hydrogen-bond acceptors (Lipinski definition) is 5. The van der Waals surface area contributed by atoms with Crippen LogP contribution in [0.4, 0.5) is 17.6 Å². The summed E-state index contributed by atoms with van der Waals surface area (Å²) in [7, 11) is 0. The van der Waals surface area contributed by atoms with Crippen molar-refractivity contribution in [2.24, 2.45) is 0 Å². The Balaban J connectivity index is 1.89. The van der Waals surface area contributed by atoms with Gasteiger partial charge in [0.2, 0.25) is 5.88 Å². The van der Waals surface area contributed by atoms with Crippen LogP contribution in [0.1, 0.15) is 25.6 Å². The van der Waals surface area contributed by atoms with Crippen LogP contribution in [0.5, 0.6) is 5.88 Å². The predicted octanol–water partition coefficient (Wildman–Crippen LogP) is 4.89. The molecule has 0 amide bonds. The molecule has 0 aliphatic rings. The zero-order chi connectivity index (χ0) is 20.5. The number of benzene rings is 2. The van der Waals surface area contributed by atoms with E-state index in [1.807, 2.05) is 0 Å². The molecule has 10 heteroatoms. The lowest BCUT2D eigenvalue weighted by Gasteiger charge is -2.07. The number of carboxylic acids is 1. The Bertz CT molecular complexity index is 1040. The van der Waals surface area contributed by atoms with Crippen molar-refractivity contribution in [3.8, 4) is 16.5 Å². The SMILES string of the molecule is O=C(Oc1nc(-c2cccc(F)c2)sc1C(=O)O)c1ccc(C(F)(F)F)cc1. The number of nitrogens with zero attached hydrogens (tertiary/aromatic N) is 1. The van der Waals surface area contributed by atoms with E-state index in [0.717, 1.165) is 18.2 Å². The molecule has 1 aromatic heterocycles. The Morgan fingerprint density at radius 1 is 1.07 bits per heavy atom. The number of hydrogen-bond donors (Lipinski definition) is 1.